The van der Waals surface area contributed by atoms with Gasteiger partial charge < -0.3 is 5.32 Å². The molecular weight excluding hydrogens is 262 g/mol. The summed E-state index contributed by atoms with van der Waals surface area (Å²) in [6.07, 6.45) is 1.97. The topological polar surface area (TPSA) is 12.0 Å². The molecule has 1 aromatic rings. The molecule has 0 heterocycles. The van der Waals surface area contributed by atoms with Gasteiger partial charge in [0.25, 0.3) is 0 Å². The smallest absolute Gasteiger partial charge is 0.0337 e. The molecule has 0 saturated heterocycles. The van der Waals surface area contributed by atoms with Gasteiger partial charge in [-0.2, -0.15) is 0 Å². The van der Waals surface area contributed by atoms with Crippen molar-refractivity contribution in [3.63, 3.8) is 0 Å². The van der Waals surface area contributed by atoms with Crippen molar-refractivity contribution >= 4 is 15.9 Å². The number of nitrogens with one attached hydrogen (secondary N) is 1. The highest BCUT2D eigenvalue weighted by atomic mass is 79.9. The summed E-state index contributed by atoms with van der Waals surface area (Å²) in [5.74, 6) is 6.05. The van der Waals surface area contributed by atoms with E-state index < -0.39 is 0 Å². The van der Waals surface area contributed by atoms with Crippen LogP contribution in [0.15, 0.2) is 22.7 Å². The summed E-state index contributed by atoms with van der Waals surface area (Å²) in [5.41, 5.74) is 2.60. The molecule has 0 amide bonds. The molecule has 0 aliphatic heterocycles. The van der Waals surface area contributed by atoms with Gasteiger partial charge in [0.05, 0.1) is 0 Å². The largest absolute Gasteiger partial charge is 0.313 e. The van der Waals surface area contributed by atoms with Crippen LogP contribution in [0.5, 0.6) is 0 Å². The Morgan fingerprint density at radius 3 is 2.81 bits per heavy atom. The third-order valence-corrected chi connectivity index (χ3v) is 3.76. The van der Waals surface area contributed by atoms with Crippen molar-refractivity contribution in [2.24, 2.45) is 0 Å². The third kappa shape index (κ3) is 3.37. The Kier molecular flexibility index (Phi) is 5.59. The number of halogens is 1. The van der Waals surface area contributed by atoms with Crippen molar-refractivity contribution in [2.75, 3.05) is 7.05 Å². The van der Waals surface area contributed by atoms with Crippen LogP contribution in [0.4, 0.5) is 0 Å². The van der Waals surface area contributed by atoms with Crippen LogP contribution in [-0.4, -0.2) is 7.05 Å². The second-order valence-electron chi connectivity index (χ2n) is 3.78. The summed E-state index contributed by atoms with van der Waals surface area (Å²) in [7, 11) is 2.00. The molecule has 1 atom stereocenters. The van der Waals surface area contributed by atoms with E-state index in [-0.39, 0.29) is 0 Å². The molecule has 0 saturated carbocycles. The van der Waals surface area contributed by atoms with Gasteiger partial charge in [0.15, 0.2) is 0 Å². The van der Waals surface area contributed by atoms with E-state index in [1.165, 1.54) is 15.6 Å². The van der Waals surface area contributed by atoms with E-state index in [2.05, 4.69) is 58.2 Å². The normalized spacial score (nSPS) is 11.8. The number of benzene rings is 1. The van der Waals surface area contributed by atoms with Gasteiger partial charge in [-0.3, -0.25) is 0 Å². The number of hydrogen-bond acceptors (Lipinski definition) is 1. The molecule has 0 aromatic heterocycles. The van der Waals surface area contributed by atoms with E-state index in [9.17, 15) is 0 Å². The van der Waals surface area contributed by atoms with Gasteiger partial charge in [-0.05, 0) is 38.4 Å². The summed E-state index contributed by atoms with van der Waals surface area (Å²) in [5, 5.41) is 3.35. The first kappa shape index (κ1) is 13.3. The van der Waals surface area contributed by atoms with Crippen molar-refractivity contribution in [1.29, 1.82) is 0 Å². The summed E-state index contributed by atoms with van der Waals surface area (Å²) in [6.45, 7) is 4.00. The molecule has 16 heavy (non-hydrogen) atoms. The summed E-state index contributed by atoms with van der Waals surface area (Å²) < 4.78 is 1.21. The van der Waals surface area contributed by atoms with Crippen molar-refractivity contribution in [2.45, 2.75) is 32.7 Å². The van der Waals surface area contributed by atoms with Crippen LogP contribution >= 0.6 is 15.9 Å². The molecule has 1 unspecified atom stereocenters. The Balaban J connectivity index is 2.85. The van der Waals surface area contributed by atoms with Crippen molar-refractivity contribution in [3.8, 4) is 11.8 Å². The lowest BCUT2D eigenvalue weighted by Crippen LogP contribution is -2.16. The van der Waals surface area contributed by atoms with Crippen LogP contribution in [0.3, 0.4) is 0 Å². The summed E-state index contributed by atoms with van der Waals surface area (Å²) >= 11 is 3.65. The van der Waals surface area contributed by atoms with Crippen LogP contribution in [0.1, 0.15) is 36.9 Å². The minimum Gasteiger partial charge on any atom is -0.313 e. The summed E-state index contributed by atoms with van der Waals surface area (Å²) in [4.78, 5) is 0. The Hall–Kier alpha value is -0.780. The molecule has 0 aliphatic rings. The zero-order chi connectivity index (χ0) is 12.0. The van der Waals surface area contributed by atoms with Gasteiger partial charge in [0, 0.05) is 16.9 Å². The van der Waals surface area contributed by atoms with Crippen molar-refractivity contribution < 1.29 is 0 Å². The van der Waals surface area contributed by atoms with E-state index in [0.717, 1.165) is 12.8 Å². The molecule has 86 valence electrons. The number of aryl methyl sites for hydroxylation is 1. The minimum absolute atomic E-state index is 0.370. The van der Waals surface area contributed by atoms with Crippen molar-refractivity contribution in [3.05, 3.63) is 33.8 Å². The molecule has 0 spiro atoms. The SMILES string of the molecule is CC#CCCC(NC)c1cccc(C)c1Br. The Labute approximate surface area is 107 Å². The number of hydrogen-bond donors (Lipinski definition) is 1. The fraction of sp³-hybridized carbons (Fsp3) is 0.429. The Morgan fingerprint density at radius 1 is 1.44 bits per heavy atom. The van der Waals surface area contributed by atoms with Gasteiger partial charge in [-0.25, -0.2) is 0 Å². The van der Waals surface area contributed by atoms with E-state index in [1.807, 2.05) is 14.0 Å². The Bertz CT molecular complexity index is 401. The standard InChI is InChI=1S/C14H18BrN/c1-4-5-6-10-13(16-3)12-9-7-8-11(2)14(12)15/h7-9,13,16H,6,10H2,1-3H3. The monoisotopic (exact) mass is 279 g/mol. The molecule has 1 rings (SSSR count). The van der Waals surface area contributed by atoms with E-state index in [4.69, 9.17) is 0 Å². The highest BCUT2D eigenvalue weighted by molar-refractivity contribution is 9.10. The average Bonchev–Trinajstić information content (AvgIpc) is 2.29. The predicted molar refractivity (Wildman–Crippen MR) is 73.4 cm³/mol. The predicted octanol–water partition coefficient (Wildman–Crippen LogP) is 3.82. The van der Waals surface area contributed by atoms with Gasteiger partial charge in [0.1, 0.15) is 0 Å². The molecule has 0 bridgehead atoms. The van der Waals surface area contributed by atoms with Crippen LogP contribution in [-0.2, 0) is 0 Å². The van der Waals surface area contributed by atoms with Crippen LogP contribution in [0, 0.1) is 18.8 Å². The van der Waals surface area contributed by atoms with Gasteiger partial charge in [-0.15, -0.1) is 11.8 Å². The first-order valence-electron chi connectivity index (χ1n) is 5.52. The maximum atomic E-state index is 3.65. The van der Waals surface area contributed by atoms with Gasteiger partial charge in [0.2, 0.25) is 0 Å². The third-order valence-electron chi connectivity index (χ3n) is 2.68. The number of rotatable bonds is 4. The Morgan fingerprint density at radius 2 is 2.19 bits per heavy atom. The fourth-order valence-electron chi connectivity index (χ4n) is 1.74. The lowest BCUT2D eigenvalue weighted by Gasteiger charge is -2.18. The molecule has 0 fully saturated rings. The second-order valence-corrected chi connectivity index (χ2v) is 4.58. The fourth-order valence-corrected chi connectivity index (χ4v) is 2.28. The van der Waals surface area contributed by atoms with Gasteiger partial charge >= 0.3 is 0 Å². The van der Waals surface area contributed by atoms with Gasteiger partial charge in [-0.1, -0.05) is 34.1 Å². The van der Waals surface area contributed by atoms with Crippen LogP contribution in [0.25, 0.3) is 0 Å². The molecule has 1 aromatic carbocycles. The lowest BCUT2D eigenvalue weighted by atomic mass is 10.0. The zero-order valence-corrected chi connectivity index (χ0v) is 11.7. The minimum atomic E-state index is 0.370. The molecule has 0 aliphatic carbocycles. The first-order chi connectivity index (χ1) is 7.70. The summed E-state index contributed by atoms with van der Waals surface area (Å²) in [6, 6.07) is 6.75. The van der Waals surface area contributed by atoms with E-state index in [0.29, 0.717) is 6.04 Å². The average molecular weight is 280 g/mol. The molecule has 1 nitrogen and oxygen atoms in total. The lowest BCUT2D eigenvalue weighted by molar-refractivity contribution is 0.556. The highest BCUT2D eigenvalue weighted by Crippen LogP contribution is 2.28. The quantitative estimate of drug-likeness (QED) is 0.827. The molecule has 2 heteroatoms. The van der Waals surface area contributed by atoms with Crippen LogP contribution in [0.2, 0.25) is 0 Å². The molecule has 1 N–H and O–H groups in total. The zero-order valence-electron chi connectivity index (χ0n) is 10.1. The van der Waals surface area contributed by atoms with Crippen LogP contribution < -0.4 is 5.32 Å². The van der Waals surface area contributed by atoms with E-state index >= 15 is 0 Å². The maximum absolute atomic E-state index is 3.65. The maximum Gasteiger partial charge on any atom is 0.0337 e. The molecule has 0 radical (unpaired) electrons. The molecular formula is C14H18BrN. The highest BCUT2D eigenvalue weighted by Gasteiger charge is 2.12. The first-order valence-corrected chi connectivity index (χ1v) is 6.32. The van der Waals surface area contributed by atoms with Crippen molar-refractivity contribution in [1.82, 2.24) is 5.32 Å². The second kappa shape index (κ2) is 6.73. The van der Waals surface area contributed by atoms with E-state index in [1.54, 1.807) is 0 Å².